The van der Waals surface area contributed by atoms with Crippen LogP contribution in [0.25, 0.3) is 10.9 Å². The van der Waals surface area contributed by atoms with Crippen molar-refractivity contribution >= 4 is 23.0 Å². The maximum atomic E-state index is 14.5. The second kappa shape index (κ2) is 7.55. The van der Waals surface area contributed by atoms with Gasteiger partial charge in [-0.2, -0.15) is 0 Å². The van der Waals surface area contributed by atoms with Gasteiger partial charge in [0.15, 0.2) is 0 Å². The number of hydrogen-bond donors (Lipinski definition) is 2. The number of nitrogens with zero attached hydrogens (tertiary/aromatic N) is 1. The van der Waals surface area contributed by atoms with Crippen molar-refractivity contribution in [1.82, 2.24) is 10.3 Å². The predicted octanol–water partition coefficient (Wildman–Crippen LogP) is 3.08. The molecule has 0 saturated heterocycles. The Morgan fingerprint density at radius 2 is 1.92 bits per heavy atom. The molecule has 140 valence electrons. The zero-order valence-electron chi connectivity index (χ0n) is 15.0. The summed E-state index contributed by atoms with van der Waals surface area (Å²) >= 11 is 0. The summed E-state index contributed by atoms with van der Waals surface area (Å²) in [5.41, 5.74) is -0.685. The average molecular weight is 364 g/mol. The number of aliphatic carboxylic acids is 1. The molecule has 1 aromatic carbocycles. The summed E-state index contributed by atoms with van der Waals surface area (Å²) in [4.78, 5) is 27.7. The number of fused-ring (bicyclic) bond motifs is 1. The number of benzene rings is 1. The van der Waals surface area contributed by atoms with E-state index < -0.39 is 29.4 Å². The lowest BCUT2D eigenvalue weighted by molar-refractivity contribution is -0.138. The van der Waals surface area contributed by atoms with Gasteiger partial charge in [-0.15, -0.1) is 0 Å². The molecule has 1 unspecified atom stereocenters. The number of alkyl carbamates (subject to hydrolysis) is 1. The van der Waals surface area contributed by atoms with Gasteiger partial charge in [-0.3, -0.25) is 4.79 Å². The number of aromatic nitrogens is 1. The topological polar surface area (TPSA) is 97.8 Å². The van der Waals surface area contributed by atoms with E-state index in [4.69, 9.17) is 9.47 Å². The largest absolute Gasteiger partial charge is 0.481 e. The molecule has 0 aliphatic rings. The minimum Gasteiger partial charge on any atom is -0.481 e. The lowest BCUT2D eigenvalue weighted by Gasteiger charge is -2.21. The van der Waals surface area contributed by atoms with E-state index in [1.807, 2.05) is 0 Å². The number of pyridine rings is 1. The Morgan fingerprint density at radius 1 is 1.27 bits per heavy atom. The van der Waals surface area contributed by atoms with E-state index in [0.717, 1.165) is 0 Å². The van der Waals surface area contributed by atoms with Crippen molar-refractivity contribution in [3.63, 3.8) is 0 Å². The molecule has 0 spiro atoms. The SMILES string of the molecule is COc1ccc2ccc(F)c(C(CNC(=O)OC(C)(C)C)C(=O)O)c2n1. The van der Waals surface area contributed by atoms with E-state index in [1.165, 1.54) is 19.2 Å². The number of ether oxygens (including phenoxy) is 2. The van der Waals surface area contributed by atoms with Gasteiger partial charge >= 0.3 is 12.1 Å². The number of nitrogens with one attached hydrogen (secondary N) is 1. The fourth-order valence-electron chi connectivity index (χ4n) is 2.43. The fourth-order valence-corrected chi connectivity index (χ4v) is 2.43. The van der Waals surface area contributed by atoms with Gasteiger partial charge in [0.05, 0.1) is 12.6 Å². The molecule has 1 aromatic heterocycles. The van der Waals surface area contributed by atoms with Crippen LogP contribution >= 0.6 is 0 Å². The molecule has 1 atom stereocenters. The van der Waals surface area contributed by atoms with Gasteiger partial charge in [-0.1, -0.05) is 0 Å². The highest BCUT2D eigenvalue weighted by molar-refractivity contribution is 5.89. The molecule has 2 rings (SSSR count). The summed E-state index contributed by atoms with van der Waals surface area (Å²) in [5.74, 6) is -3.13. The summed E-state index contributed by atoms with van der Waals surface area (Å²) in [7, 11) is 1.41. The third kappa shape index (κ3) is 4.59. The molecule has 0 radical (unpaired) electrons. The molecule has 1 heterocycles. The maximum Gasteiger partial charge on any atom is 0.407 e. The number of rotatable bonds is 5. The van der Waals surface area contributed by atoms with Crippen molar-refractivity contribution in [3.8, 4) is 5.88 Å². The minimum absolute atomic E-state index is 0.120. The number of carbonyl (C=O) groups is 2. The Bertz CT molecular complexity index is 832. The zero-order chi connectivity index (χ0) is 19.5. The van der Waals surface area contributed by atoms with Crippen molar-refractivity contribution in [3.05, 3.63) is 35.6 Å². The first-order valence-electron chi connectivity index (χ1n) is 7.95. The van der Waals surface area contributed by atoms with Crippen LogP contribution in [0.4, 0.5) is 9.18 Å². The third-order valence-electron chi connectivity index (χ3n) is 3.53. The van der Waals surface area contributed by atoms with Crippen LogP contribution in [0.15, 0.2) is 24.3 Å². The first-order valence-corrected chi connectivity index (χ1v) is 7.95. The molecular weight excluding hydrogens is 343 g/mol. The molecule has 1 amide bonds. The third-order valence-corrected chi connectivity index (χ3v) is 3.53. The number of amides is 1. The van der Waals surface area contributed by atoms with Crippen molar-refractivity contribution in [2.45, 2.75) is 32.3 Å². The van der Waals surface area contributed by atoms with Crippen LogP contribution < -0.4 is 10.1 Å². The lowest BCUT2D eigenvalue weighted by Crippen LogP contribution is -2.36. The van der Waals surface area contributed by atoms with Crippen molar-refractivity contribution < 1.29 is 28.6 Å². The maximum absolute atomic E-state index is 14.5. The van der Waals surface area contributed by atoms with E-state index >= 15 is 0 Å². The van der Waals surface area contributed by atoms with Gasteiger partial charge in [-0.05, 0) is 39.0 Å². The number of methoxy groups -OCH3 is 1. The quantitative estimate of drug-likeness (QED) is 0.846. The highest BCUT2D eigenvalue weighted by Crippen LogP contribution is 2.29. The Morgan fingerprint density at radius 3 is 2.50 bits per heavy atom. The second-order valence-electron chi connectivity index (χ2n) is 6.66. The van der Waals surface area contributed by atoms with E-state index in [1.54, 1.807) is 32.9 Å². The van der Waals surface area contributed by atoms with Crippen LogP contribution in [-0.2, 0) is 9.53 Å². The molecular formula is C18H21FN2O5. The van der Waals surface area contributed by atoms with Gasteiger partial charge in [-0.25, -0.2) is 14.2 Å². The highest BCUT2D eigenvalue weighted by Gasteiger charge is 2.28. The van der Waals surface area contributed by atoms with Gasteiger partial charge in [0, 0.05) is 23.6 Å². The van der Waals surface area contributed by atoms with Crippen molar-refractivity contribution in [1.29, 1.82) is 0 Å². The zero-order valence-corrected chi connectivity index (χ0v) is 15.0. The van der Waals surface area contributed by atoms with E-state index in [0.29, 0.717) is 5.39 Å². The first kappa shape index (κ1) is 19.4. The summed E-state index contributed by atoms with van der Waals surface area (Å²) < 4.78 is 24.6. The first-order chi connectivity index (χ1) is 12.1. The minimum atomic E-state index is -1.34. The molecule has 0 bridgehead atoms. The van der Waals surface area contributed by atoms with Crippen LogP contribution in [0, 0.1) is 5.82 Å². The molecule has 0 aliphatic carbocycles. The monoisotopic (exact) mass is 364 g/mol. The molecule has 0 saturated carbocycles. The van der Waals surface area contributed by atoms with Gasteiger partial charge < -0.3 is 19.9 Å². The number of carboxylic acids is 1. The molecule has 0 aliphatic heterocycles. The van der Waals surface area contributed by atoms with E-state index in [-0.39, 0.29) is 23.5 Å². The summed E-state index contributed by atoms with van der Waals surface area (Å²) in [6.45, 7) is 4.70. The normalized spacial score (nSPS) is 12.5. The summed E-state index contributed by atoms with van der Waals surface area (Å²) in [5, 5.41) is 12.5. The number of carboxylic acid groups (broad SMARTS) is 1. The van der Waals surface area contributed by atoms with Gasteiger partial charge in [0.25, 0.3) is 0 Å². The molecule has 2 N–H and O–H groups in total. The summed E-state index contributed by atoms with van der Waals surface area (Å²) in [6.07, 6.45) is -0.782. The standard InChI is InChI=1S/C18H21FN2O5/c1-18(2,3)26-17(24)20-9-11(16(22)23)14-12(19)7-5-10-6-8-13(25-4)21-15(10)14/h5-8,11H,9H2,1-4H3,(H,20,24)(H,22,23). The lowest BCUT2D eigenvalue weighted by atomic mass is 9.95. The van der Waals surface area contributed by atoms with Crippen LogP contribution in [0.5, 0.6) is 5.88 Å². The van der Waals surface area contributed by atoms with Crippen LogP contribution in [-0.4, -0.2) is 41.4 Å². The van der Waals surface area contributed by atoms with E-state index in [2.05, 4.69) is 10.3 Å². The Labute approximate surface area is 150 Å². The molecule has 7 nitrogen and oxygen atoms in total. The Balaban J connectivity index is 2.39. The average Bonchev–Trinajstić information content (AvgIpc) is 2.54. The fraction of sp³-hybridized carbons (Fsp3) is 0.389. The van der Waals surface area contributed by atoms with E-state index in [9.17, 15) is 19.1 Å². The number of carbonyl (C=O) groups excluding carboxylic acids is 1. The number of hydrogen-bond acceptors (Lipinski definition) is 5. The van der Waals surface area contributed by atoms with Crippen LogP contribution in [0.1, 0.15) is 32.3 Å². The summed E-state index contributed by atoms with van der Waals surface area (Å²) in [6, 6.07) is 5.93. The Hall–Kier alpha value is -2.90. The molecule has 8 heteroatoms. The van der Waals surface area contributed by atoms with Crippen molar-refractivity contribution in [2.75, 3.05) is 13.7 Å². The molecule has 0 fully saturated rings. The Kier molecular flexibility index (Phi) is 5.64. The number of halogens is 1. The van der Waals surface area contributed by atoms with Gasteiger partial charge in [0.2, 0.25) is 5.88 Å². The molecule has 2 aromatic rings. The van der Waals surface area contributed by atoms with Crippen LogP contribution in [0.2, 0.25) is 0 Å². The smallest absolute Gasteiger partial charge is 0.407 e. The second-order valence-corrected chi connectivity index (χ2v) is 6.66. The molecule has 26 heavy (non-hydrogen) atoms. The highest BCUT2D eigenvalue weighted by atomic mass is 19.1. The predicted molar refractivity (Wildman–Crippen MR) is 92.9 cm³/mol. The van der Waals surface area contributed by atoms with Crippen molar-refractivity contribution in [2.24, 2.45) is 0 Å². The van der Waals surface area contributed by atoms with Gasteiger partial charge in [0.1, 0.15) is 17.3 Å². The van der Waals surface area contributed by atoms with Crippen LogP contribution in [0.3, 0.4) is 0 Å².